The van der Waals surface area contributed by atoms with Crippen molar-refractivity contribution in [2.45, 2.75) is 13.5 Å². The molecule has 0 N–H and O–H groups in total. The van der Waals surface area contributed by atoms with Gasteiger partial charge in [-0.05, 0) is 13.0 Å². The Morgan fingerprint density at radius 2 is 2.20 bits per heavy atom. The number of nitrogens with zero attached hydrogens (tertiary/aromatic N) is 1. The van der Waals surface area contributed by atoms with Crippen LogP contribution in [0.3, 0.4) is 0 Å². The van der Waals surface area contributed by atoms with Gasteiger partial charge in [0.05, 0.1) is 12.1 Å². The first-order valence-corrected chi connectivity index (χ1v) is 5.04. The quantitative estimate of drug-likeness (QED) is 0.754. The summed E-state index contributed by atoms with van der Waals surface area (Å²) in [4.78, 5) is 0. The third-order valence-electron chi connectivity index (χ3n) is 2.50. The zero-order valence-corrected chi connectivity index (χ0v) is 8.96. The molecule has 0 saturated heterocycles. The molecule has 0 unspecified atom stereocenters. The second-order valence-corrected chi connectivity index (χ2v) is 3.54. The van der Waals surface area contributed by atoms with Crippen molar-refractivity contribution in [3.05, 3.63) is 35.8 Å². The van der Waals surface area contributed by atoms with Crippen LogP contribution >= 0.6 is 0 Å². The average molecular weight is 207 g/mol. The fourth-order valence-corrected chi connectivity index (χ4v) is 1.83. The van der Waals surface area contributed by atoms with Crippen molar-refractivity contribution in [1.82, 2.24) is 4.57 Å². The third kappa shape index (κ3) is 1.75. The topological polar surface area (TPSA) is 14.2 Å². The Bertz CT molecular complexity index is 476. The van der Waals surface area contributed by atoms with Crippen LogP contribution in [0.1, 0.15) is 12.5 Å². The number of halogens is 1. The Labute approximate surface area is 88.3 Å². The summed E-state index contributed by atoms with van der Waals surface area (Å²) in [6.07, 6.45) is 1.92. The molecule has 2 aromatic rings. The summed E-state index contributed by atoms with van der Waals surface area (Å²) in [5.74, 6) is -0.183. The molecule has 0 aliphatic heterocycles. The summed E-state index contributed by atoms with van der Waals surface area (Å²) in [5.41, 5.74) is 1.68. The number of hydrogen-bond donors (Lipinski definition) is 0. The zero-order chi connectivity index (χ0) is 10.8. The first kappa shape index (κ1) is 10.2. The highest BCUT2D eigenvalue weighted by Gasteiger charge is 2.09. The summed E-state index contributed by atoms with van der Waals surface area (Å²) in [7, 11) is 1.85. The normalized spacial score (nSPS) is 11.1. The van der Waals surface area contributed by atoms with Gasteiger partial charge in [-0.25, -0.2) is 4.39 Å². The minimum Gasteiger partial charge on any atom is -0.377 e. The second kappa shape index (κ2) is 4.03. The molecule has 0 radical (unpaired) electrons. The van der Waals surface area contributed by atoms with E-state index in [1.807, 2.05) is 26.2 Å². The van der Waals surface area contributed by atoms with Crippen LogP contribution in [-0.2, 0) is 18.4 Å². The van der Waals surface area contributed by atoms with Gasteiger partial charge >= 0.3 is 0 Å². The van der Waals surface area contributed by atoms with Crippen molar-refractivity contribution < 1.29 is 9.13 Å². The van der Waals surface area contributed by atoms with E-state index in [2.05, 4.69) is 0 Å². The number of fused-ring (bicyclic) bond motifs is 1. The second-order valence-electron chi connectivity index (χ2n) is 3.54. The van der Waals surface area contributed by atoms with Gasteiger partial charge in [0, 0.05) is 30.8 Å². The molecule has 0 amide bonds. The van der Waals surface area contributed by atoms with Crippen molar-refractivity contribution in [2.24, 2.45) is 7.05 Å². The standard InChI is InChI=1S/C12H14FNO/c1-3-15-8-9-7-14(2)12-10(9)5-4-6-11(12)13/h4-7H,3,8H2,1-2H3. The van der Waals surface area contributed by atoms with Crippen LogP contribution < -0.4 is 0 Å². The summed E-state index contributed by atoms with van der Waals surface area (Å²) in [5, 5.41) is 0.936. The Balaban J connectivity index is 2.53. The SMILES string of the molecule is CCOCc1cn(C)c2c(F)cccc12. The molecule has 15 heavy (non-hydrogen) atoms. The predicted octanol–water partition coefficient (Wildman–Crippen LogP) is 2.85. The number of hydrogen-bond acceptors (Lipinski definition) is 1. The monoisotopic (exact) mass is 207 g/mol. The molecular weight excluding hydrogens is 193 g/mol. The number of aryl methyl sites for hydroxylation is 1. The van der Waals surface area contributed by atoms with Gasteiger partial charge < -0.3 is 9.30 Å². The molecule has 0 aliphatic carbocycles. The van der Waals surface area contributed by atoms with Crippen LogP contribution in [0.5, 0.6) is 0 Å². The van der Waals surface area contributed by atoms with Gasteiger partial charge in [-0.3, -0.25) is 0 Å². The molecule has 0 saturated carbocycles. The van der Waals surface area contributed by atoms with Crippen LogP contribution in [-0.4, -0.2) is 11.2 Å². The van der Waals surface area contributed by atoms with Gasteiger partial charge in [-0.1, -0.05) is 12.1 Å². The maximum Gasteiger partial charge on any atom is 0.147 e. The van der Waals surface area contributed by atoms with E-state index in [4.69, 9.17) is 4.74 Å². The highest BCUT2D eigenvalue weighted by atomic mass is 19.1. The lowest BCUT2D eigenvalue weighted by atomic mass is 10.2. The lowest BCUT2D eigenvalue weighted by molar-refractivity contribution is 0.135. The first-order chi connectivity index (χ1) is 7.24. The summed E-state index contributed by atoms with van der Waals surface area (Å²) in [6.45, 7) is 3.16. The van der Waals surface area contributed by atoms with Crippen LogP contribution in [0.25, 0.3) is 10.9 Å². The number of para-hydroxylation sites is 1. The third-order valence-corrected chi connectivity index (χ3v) is 2.50. The van der Waals surface area contributed by atoms with Gasteiger partial charge in [0.1, 0.15) is 5.82 Å². The fraction of sp³-hybridized carbons (Fsp3) is 0.333. The first-order valence-electron chi connectivity index (χ1n) is 5.04. The lowest BCUT2D eigenvalue weighted by Gasteiger charge is -1.99. The van der Waals surface area contributed by atoms with E-state index in [-0.39, 0.29) is 5.82 Å². The molecule has 0 fully saturated rings. The summed E-state index contributed by atoms with van der Waals surface area (Å²) in [6, 6.07) is 5.13. The average Bonchev–Trinajstić information content (AvgIpc) is 2.54. The van der Waals surface area contributed by atoms with Gasteiger partial charge in [0.2, 0.25) is 0 Å². The van der Waals surface area contributed by atoms with Crippen molar-refractivity contribution >= 4 is 10.9 Å². The molecule has 1 aromatic heterocycles. The molecule has 0 aliphatic rings. The number of ether oxygens (including phenoxy) is 1. The number of rotatable bonds is 3. The smallest absolute Gasteiger partial charge is 0.147 e. The van der Waals surface area contributed by atoms with Crippen LogP contribution in [0.15, 0.2) is 24.4 Å². The lowest BCUT2D eigenvalue weighted by Crippen LogP contribution is -1.90. The fourth-order valence-electron chi connectivity index (χ4n) is 1.83. The molecule has 0 spiro atoms. The molecule has 1 heterocycles. The Morgan fingerprint density at radius 1 is 1.40 bits per heavy atom. The summed E-state index contributed by atoms with van der Waals surface area (Å²) < 4.78 is 20.7. The molecular formula is C12H14FNO. The molecule has 80 valence electrons. The zero-order valence-electron chi connectivity index (χ0n) is 8.96. The van der Waals surface area contributed by atoms with Crippen molar-refractivity contribution in [3.8, 4) is 0 Å². The molecule has 0 atom stereocenters. The maximum absolute atomic E-state index is 13.5. The largest absolute Gasteiger partial charge is 0.377 e. The van der Waals surface area contributed by atoms with Gasteiger partial charge in [-0.2, -0.15) is 0 Å². The van der Waals surface area contributed by atoms with Crippen LogP contribution in [0, 0.1) is 5.82 Å². The Morgan fingerprint density at radius 3 is 2.93 bits per heavy atom. The Hall–Kier alpha value is -1.35. The molecule has 2 rings (SSSR count). The highest BCUT2D eigenvalue weighted by Crippen LogP contribution is 2.23. The van der Waals surface area contributed by atoms with E-state index < -0.39 is 0 Å². The molecule has 0 bridgehead atoms. The van der Waals surface area contributed by atoms with Gasteiger partial charge in [0.15, 0.2) is 0 Å². The minimum atomic E-state index is -0.183. The van der Waals surface area contributed by atoms with E-state index in [9.17, 15) is 4.39 Å². The molecule has 2 nitrogen and oxygen atoms in total. The van der Waals surface area contributed by atoms with E-state index >= 15 is 0 Å². The number of benzene rings is 1. The van der Waals surface area contributed by atoms with E-state index in [1.54, 1.807) is 10.6 Å². The van der Waals surface area contributed by atoms with E-state index in [0.29, 0.717) is 18.7 Å². The van der Waals surface area contributed by atoms with Crippen LogP contribution in [0.2, 0.25) is 0 Å². The van der Waals surface area contributed by atoms with E-state index in [0.717, 1.165) is 10.9 Å². The highest BCUT2D eigenvalue weighted by molar-refractivity contribution is 5.84. The van der Waals surface area contributed by atoms with E-state index in [1.165, 1.54) is 6.07 Å². The van der Waals surface area contributed by atoms with Crippen molar-refractivity contribution in [1.29, 1.82) is 0 Å². The molecule has 3 heteroatoms. The minimum absolute atomic E-state index is 0.183. The van der Waals surface area contributed by atoms with Gasteiger partial charge in [-0.15, -0.1) is 0 Å². The van der Waals surface area contributed by atoms with Crippen molar-refractivity contribution in [2.75, 3.05) is 6.61 Å². The van der Waals surface area contributed by atoms with Gasteiger partial charge in [0.25, 0.3) is 0 Å². The predicted molar refractivity (Wildman–Crippen MR) is 58.2 cm³/mol. The van der Waals surface area contributed by atoms with Crippen molar-refractivity contribution in [3.63, 3.8) is 0 Å². The van der Waals surface area contributed by atoms with Crippen LogP contribution in [0.4, 0.5) is 4.39 Å². The molecule has 1 aromatic carbocycles. The summed E-state index contributed by atoms with van der Waals surface area (Å²) >= 11 is 0. The Kier molecular flexibility index (Phi) is 2.73. The number of aromatic nitrogens is 1. The maximum atomic E-state index is 13.5.